The van der Waals surface area contributed by atoms with Crippen molar-refractivity contribution in [1.82, 2.24) is 9.97 Å². The Balaban J connectivity index is 2.05. The molecule has 1 aromatic carbocycles. The second-order valence-electron chi connectivity index (χ2n) is 5.60. The van der Waals surface area contributed by atoms with E-state index in [0.29, 0.717) is 11.4 Å². The summed E-state index contributed by atoms with van der Waals surface area (Å²) in [7, 11) is 0. The van der Waals surface area contributed by atoms with Crippen LogP contribution < -0.4 is 5.56 Å². The lowest BCUT2D eigenvalue weighted by molar-refractivity contribution is 0.436. The Bertz CT molecular complexity index is 734. The number of nitrogens with zero attached hydrogens (tertiary/aromatic N) is 1. The van der Waals surface area contributed by atoms with Crippen LogP contribution in [-0.2, 0) is 0 Å². The number of H-pyrrole nitrogens is 1. The number of aromatic amines is 1. The lowest BCUT2D eigenvalue weighted by Gasteiger charge is -2.11. The molecule has 0 radical (unpaired) electrons. The Kier molecular flexibility index (Phi) is 3.85. The van der Waals surface area contributed by atoms with Gasteiger partial charge in [-0.05, 0) is 43.4 Å². The highest BCUT2D eigenvalue weighted by Gasteiger charge is 2.24. The molecule has 2 aromatic rings. The van der Waals surface area contributed by atoms with Crippen molar-refractivity contribution in [2.24, 2.45) is 0 Å². The summed E-state index contributed by atoms with van der Waals surface area (Å²) in [5, 5.41) is 10.2. The Hall–Kier alpha value is -1.62. The Morgan fingerprint density at radius 1 is 1.33 bits per heavy atom. The van der Waals surface area contributed by atoms with Gasteiger partial charge in [0, 0.05) is 10.0 Å². The zero-order chi connectivity index (χ0) is 15.0. The molecule has 0 aliphatic heterocycles. The Morgan fingerprint density at radius 3 is 2.67 bits per heavy atom. The smallest absolute Gasteiger partial charge is 0.258 e. The van der Waals surface area contributed by atoms with Crippen LogP contribution in [0.15, 0.2) is 27.5 Å². The largest absolute Gasteiger partial charge is 0.493 e. The van der Waals surface area contributed by atoms with E-state index in [1.54, 1.807) is 0 Å². The molecule has 0 atom stereocenters. The van der Waals surface area contributed by atoms with Gasteiger partial charge in [0.25, 0.3) is 5.56 Å². The molecular weight excluding hydrogens is 332 g/mol. The number of aryl methyl sites for hydroxylation is 1. The molecule has 1 aromatic heterocycles. The maximum atomic E-state index is 12.3. The average molecular weight is 349 g/mol. The van der Waals surface area contributed by atoms with Crippen LogP contribution in [0.2, 0.25) is 0 Å². The first kappa shape index (κ1) is 14.3. The summed E-state index contributed by atoms with van der Waals surface area (Å²) in [4.78, 5) is 19.3. The molecule has 1 aliphatic carbocycles. The molecule has 1 fully saturated rings. The summed E-state index contributed by atoms with van der Waals surface area (Å²) in [6, 6.07) is 5.70. The van der Waals surface area contributed by atoms with E-state index in [-0.39, 0.29) is 17.4 Å². The summed E-state index contributed by atoms with van der Waals surface area (Å²) in [6.45, 7) is 1.97. The van der Waals surface area contributed by atoms with Crippen LogP contribution in [0.3, 0.4) is 0 Å². The van der Waals surface area contributed by atoms with Crippen LogP contribution >= 0.6 is 15.9 Å². The molecular formula is C16H17BrN2O2. The average Bonchev–Trinajstić information content (AvgIpc) is 2.95. The number of halogens is 1. The van der Waals surface area contributed by atoms with E-state index in [1.807, 2.05) is 25.1 Å². The molecule has 0 bridgehead atoms. The summed E-state index contributed by atoms with van der Waals surface area (Å²) in [5.41, 5.74) is 2.07. The molecule has 110 valence electrons. The van der Waals surface area contributed by atoms with Crippen LogP contribution in [0, 0.1) is 6.92 Å². The van der Waals surface area contributed by atoms with Crippen LogP contribution in [0.4, 0.5) is 0 Å². The Morgan fingerprint density at radius 2 is 2.05 bits per heavy atom. The lowest BCUT2D eigenvalue weighted by Crippen LogP contribution is -2.17. The second kappa shape index (κ2) is 5.64. The molecule has 0 amide bonds. The zero-order valence-electron chi connectivity index (χ0n) is 11.8. The van der Waals surface area contributed by atoms with Crippen molar-refractivity contribution in [3.63, 3.8) is 0 Å². The van der Waals surface area contributed by atoms with Gasteiger partial charge in [0.05, 0.1) is 5.56 Å². The maximum Gasteiger partial charge on any atom is 0.258 e. The summed E-state index contributed by atoms with van der Waals surface area (Å²) in [5.74, 6) is 0.429. The zero-order valence-corrected chi connectivity index (χ0v) is 13.4. The highest BCUT2D eigenvalue weighted by Crippen LogP contribution is 2.36. The van der Waals surface area contributed by atoms with Gasteiger partial charge in [-0.1, -0.05) is 34.8 Å². The van der Waals surface area contributed by atoms with E-state index in [9.17, 15) is 9.90 Å². The van der Waals surface area contributed by atoms with Crippen LogP contribution in [0.5, 0.6) is 5.88 Å². The standard InChI is InChI=1S/C16H17BrN2O2/c1-9-8-11(6-7-12(9)17)14-18-15(20)13(16(21)19-14)10-4-2-3-5-10/h6-8,10H,2-5H2,1H3,(H2,18,19,20,21). The van der Waals surface area contributed by atoms with Gasteiger partial charge in [-0.25, -0.2) is 0 Å². The van der Waals surface area contributed by atoms with E-state index in [2.05, 4.69) is 25.9 Å². The van der Waals surface area contributed by atoms with E-state index in [0.717, 1.165) is 41.3 Å². The third kappa shape index (κ3) is 2.75. The first-order chi connectivity index (χ1) is 10.1. The van der Waals surface area contributed by atoms with Crippen molar-refractivity contribution in [3.8, 4) is 17.3 Å². The number of aromatic nitrogens is 2. The monoisotopic (exact) mass is 348 g/mol. The molecule has 2 N–H and O–H groups in total. The fraction of sp³-hybridized carbons (Fsp3) is 0.375. The Labute approximate surface area is 131 Å². The van der Waals surface area contributed by atoms with Gasteiger partial charge in [-0.15, -0.1) is 0 Å². The van der Waals surface area contributed by atoms with Gasteiger partial charge in [0.2, 0.25) is 5.88 Å². The SMILES string of the molecule is Cc1cc(-c2nc(O)c(C3CCCC3)c(=O)[nH]2)ccc1Br. The maximum absolute atomic E-state index is 12.3. The third-order valence-corrected chi connectivity index (χ3v) is 5.02. The van der Waals surface area contributed by atoms with E-state index < -0.39 is 0 Å². The molecule has 0 saturated heterocycles. The van der Waals surface area contributed by atoms with Crippen LogP contribution in [0.1, 0.15) is 42.7 Å². The molecule has 21 heavy (non-hydrogen) atoms. The van der Waals surface area contributed by atoms with Gasteiger partial charge in [-0.3, -0.25) is 4.79 Å². The predicted octanol–water partition coefficient (Wildman–Crippen LogP) is 3.87. The van der Waals surface area contributed by atoms with E-state index in [4.69, 9.17) is 0 Å². The molecule has 4 nitrogen and oxygen atoms in total. The molecule has 3 rings (SSSR count). The van der Waals surface area contributed by atoms with Gasteiger partial charge in [-0.2, -0.15) is 4.98 Å². The molecule has 1 aliphatic rings. The first-order valence-electron chi connectivity index (χ1n) is 7.16. The predicted molar refractivity (Wildman–Crippen MR) is 85.6 cm³/mol. The third-order valence-electron chi connectivity index (χ3n) is 4.13. The van der Waals surface area contributed by atoms with Crippen molar-refractivity contribution in [3.05, 3.63) is 44.2 Å². The van der Waals surface area contributed by atoms with Crippen molar-refractivity contribution in [1.29, 1.82) is 0 Å². The molecule has 5 heteroatoms. The summed E-state index contributed by atoms with van der Waals surface area (Å²) < 4.78 is 1.00. The normalized spacial score (nSPS) is 15.5. The summed E-state index contributed by atoms with van der Waals surface area (Å²) >= 11 is 3.45. The van der Waals surface area contributed by atoms with Crippen molar-refractivity contribution in [2.45, 2.75) is 38.5 Å². The van der Waals surface area contributed by atoms with Gasteiger partial charge >= 0.3 is 0 Å². The van der Waals surface area contributed by atoms with Gasteiger partial charge in [0.1, 0.15) is 5.82 Å². The van der Waals surface area contributed by atoms with Crippen molar-refractivity contribution < 1.29 is 5.11 Å². The van der Waals surface area contributed by atoms with E-state index in [1.165, 1.54) is 0 Å². The van der Waals surface area contributed by atoms with Crippen molar-refractivity contribution in [2.75, 3.05) is 0 Å². The lowest BCUT2D eigenvalue weighted by atomic mass is 10.00. The molecule has 0 unspecified atom stereocenters. The minimum absolute atomic E-state index is 0.124. The second-order valence-corrected chi connectivity index (χ2v) is 6.45. The topological polar surface area (TPSA) is 66.0 Å². The van der Waals surface area contributed by atoms with Crippen molar-refractivity contribution >= 4 is 15.9 Å². The number of benzene rings is 1. The minimum Gasteiger partial charge on any atom is -0.493 e. The van der Waals surface area contributed by atoms with Gasteiger partial charge < -0.3 is 10.1 Å². The van der Waals surface area contributed by atoms with Crippen LogP contribution in [-0.4, -0.2) is 15.1 Å². The number of hydrogen-bond donors (Lipinski definition) is 2. The first-order valence-corrected chi connectivity index (χ1v) is 7.95. The fourth-order valence-corrected chi connectivity index (χ4v) is 3.23. The number of aromatic hydroxyl groups is 1. The highest BCUT2D eigenvalue weighted by atomic mass is 79.9. The quantitative estimate of drug-likeness (QED) is 0.865. The molecule has 1 heterocycles. The number of hydrogen-bond acceptors (Lipinski definition) is 3. The highest BCUT2D eigenvalue weighted by molar-refractivity contribution is 9.10. The molecule has 1 saturated carbocycles. The van der Waals surface area contributed by atoms with Crippen LogP contribution in [0.25, 0.3) is 11.4 Å². The molecule has 0 spiro atoms. The number of nitrogens with one attached hydrogen (secondary N) is 1. The minimum atomic E-state index is -0.218. The fourth-order valence-electron chi connectivity index (χ4n) is 2.98. The summed E-state index contributed by atoms with van der Waals surface area (Å²) in [6.07, 6.45) is 4.12. The van der Waals surface area contributed by atoms with E-state index >= 15 is 0 Å². The number of rotatable bonds is 2. The van der Waals surface area contributed by atoms with Gasteiger partial charge in [0.15, 0.2) is 0 Å².